The van der Waals surface area contributed by atoms with E-state index in [1.165, 1.54) is 12.1 Å². The number of fused-ring (bicyclic) bond motifs is 1. The van der Waals surface area contributed by atoms with E-state index in [4.69, 9.17) is 0 Å². The van der Waals surface area contributed by atoms with Crippen molar-refractivity contribution in [2.75, 3.05) is 13.1 Å². The predicted octanol–water partition coefficient (Wildman–Crippen LogP) is 3.72. The van der Waals surface area contributed by atoms with Gasteiger partial charge in [-0.3, -0.25) is 9.78 Å². The highest BCUT2D eigenvalue weighted by Gasteiger charge is 2.26. The Morgan fingerprint density at radius 1 is 1.29 bits per heavy atom. The molecular formula is C19H18FN3O. The summed E-state index contributed by atoms with van der Waals surface area (Å²) in [5.41, 5.74) is 2.62. The van der Waals surface area contributed by atoms with E-state index in [0.29, 0.717) is 12.1 Å². The molecule has 0 saturated carbocycles. The van der Waals surface area contributed by atoms with Crippen molar-refractivity contribution in [3.63, 3.8) is 0 Å². The van der Waals surface area contributed by atoms with Gasteiger partial charge in [-0.05, 0) is 49.2 Å². The number of hydrogen-bond acceptors (Lipinski definition) is 2. The second-order valence-corrected chi connectivity index (χ2v) is 6.29. The van der Waals surface area contributed by atoms with Crippen LogP contribution in [0.5, 0.6) is 0 Å². The Kier molecular flexibility index (Phi) is 3.76. The number of benzene rings is 1. The van der Waals surface area contributed by atoms with Gasteiger partial charge in [-0.1, -0.05) is 0 Å². The Hall–Kier alpha value is -2.69. The highest BCUT2D eigenvalue weighted by atomic mass is 19.1. The topological polar surface area (TPSA) is 49.0 Å². The summed E-state index contributed by atoms with van der Waals surface area (Å²) >= 11 is 0. The fourth-order valence-electron chi connectivity index (χ4n) is 3.43. The zero-order chi connectivity index (χ0) is 16.5. The lowest BCUT2D eigenvalue weighted by Gasteiger charge is -2.32. The molecule has 24 heavy (non-hydrogen) atoms. The van der Waals surface area contributed by atoms with Gasteiger partial charge in [-0.25, -0.2) is 4.39 Å². The van der Waals surface area contributed by atoms with Crippen molar-refractivity contribution in [1.29, 1.82) is 0 Å². The summed E-state index contributed by atoms with van der Waals surface area (Å²) in [6, 6.07) is 10.3. The molecular weight excluding hydrogens is 305 g/mol. The number of nitrogens with one attached hydrogen (secondary N) is 1. The van der Waals surface area contributed by atoms with Gasteiger partial charge >= 0.3 is 0 Å². The molecule has 3 aromatic rings. The molecule has 1 saturated heterocycles. The molecule has 1 unspecified atom stereocenters. The van der Waals surface area contributed by atoms with Gasteiger partial charge in [-0.2, -0.15) is 0 Å². The molecule has 1 atom stereocenters. The Labute approximate surface area is 139 Å². The van der Waals surface area contributed by atoms with E-state index in [1.54, 1.807) is 30.6 Å². The average molecular weight is 323 g/mol. The van der Waals surface area contributed by atoms with Crippen molar-refractivity contribution in [1.82, 2.24) is 14.9 Å². The van der Waals surface area contributed by atoms with Crippen molar-refractivity contribution in [2.45, 2.75) is 18.8 Å². The van der Waals surface area contributed by atoms with Crippen LogP contribution in [0.3, 0.4) is 0 Å². The first-order valence-electron chi connectivity index (χ1n) is 8.18. The molecule has 5 heteroatoms. The summed E-state index contributed by atoms with van der Waals surface area (Å²) in [6.45, 7) is 1.43. The molecule has 3 heterocycles. The van der Waals surface area contributed by atoms with Crippen LogP contribution in [-0.2, 0) is 0 Å². The Bertz CT molecular complexity index is 875. The van der Waals surface area contributed by atoms with Crippen molar-refractivity contribution in [3.05, 3.63) is 65.9 Å². The third-order valence-corrected chi connectivity index (χ3v) is 4.66. The summed E-state index contributed by atoms with van der Waals surface area (Å²) in [7, 11) is 0. The van der Waals surface area contributed by atoms with Crippen LogP contribution in [0.1, 0.15) is 34.8 Å². The molecule has 1 aromatic carbocycles. The third kappa shape index (κ3) is 2.77. The van der Waals surface area contributed by atoms with E-state index in [-0.39, 0.29) is 17.6 Å². The van der Waals surface area contributed by atoms with Gasteiger partial charge in [0.2, 0.25) is 0 Å². The minimum absolute atomic E-state index is 0.0231. The molecule has 1 N–H and O–H groups in total. The molecule has 1 fully saturated rings. The van der Waals surface area contributed by atoms with E-state index in [0.717, 1.165) is 36.0 Å². The second-order valence-electron chi connectivity index (χ2n) is 6.29. The lowest BCUT2D eigenvalue weighted by atomic mass is 9.94. The average Bonchev–Trinajstić information content (AvgIpc) is 3.05. The van der Waals surface area contributed by atoms with Crippen LogP contribution in [0.25, 0.3) is 10.9 Å². The number of amides is 1. The first-order valence-corrected chi connectivity index (χ1v) is 8.18. The summed E-state index contributed by atoms with van der Waals surface area (Å²) in [6.07, 6.45) is 5.25. The second kappa shape index (κ2) is 6.07. The zero-order valence-corrected chi connectivity index (χ0v) is 13.2. The van der Waals surface area contributed by atoms with Crippen LogP contribution in [-0.4, -0.2) is 33.9 Å². The maximum absolute atomic E-state index is 13.4. The monoisotopic (exact) mass is 323 g/mol. The van der Waals surface area contributed by atoms with Crippen LogP contribution >= 0.6 is 0 Å². The lowest BCUT2D eigenvalue weighted by molar-refractivity contribution is 0.0705. The summed E-state index contributed by atoms with van der Waals surface area (Å²) in [5, 5.41) is 0.876. The summed E-state index contributed by atoms with van der Waals surface area (Å²) in [4.78, 5) is 21.9. The number of aromatic nitrogens is 2. The molecule has 122 valence electrons. The standard InChI is InChI=1S/C19H18FN3O/c20-16-5-6-17-15(9-16)10-18(22-17)14-4-2-8-23(12-14)19(24)13-3-1-7-21-11-13/h1,3,5-7,9-11,14,22H,2,4,8,12H2. The van der Waals surface area contributed by atoms with Gasteiger partial charge in [0.25, 0.3) is 5.91 Å². The van der Waals surface area contributed by atoms with Crippen LogP contribution in [0, 0.1) is 5.82 Å². The quantitative estimate of drug-likeness (QED) is 0.781. The van der Waals surface area contributed by atoms with Gasteiger partial charge in [0, 0.05) is 48.0 Å². The molecule has 0 radical (unpaired) electrons. The number of nitrogens with zero attached hydrogens (tertiary/aromatic N) is 2. The summed E-state index contributed by atoms with van der Waals surface area (Å²) in [5.74, 6) is 0.0369. The van der Waals surface area contributed by atoms with Gasteiger partial charge in [0.15, 0.2) is 0 Å². The van der Waals surface area contributed by atoms with E-state index in [1.807, 2.05) is 11.0 Å². The number of aromatic amines is 1. The van der Waals surface area contributed by atoms with Crippen molar-refractivity contribution >= 4 is 16.8 Å². The predicted molar refractivity (Wildman–Crippen MR) is 90.4 cm³/mol. The van der Waals surface area contributed by atoms with Crippen molar-refractivity contribution < 1.29 is 9.18 Å². The molecule has 1 amide bonds. The highest BCUT2D eigenvalue weighted by Crippen LogP contribution is 2.29. The van der Waals surface area contributed by atoms with Gasteiger partial charge in [0.1, 0.15) is 5.82 Å². The van der Waals surface area contributed by atoms with Gasteiger partial charge in [-0.15, -0.1) is 0 Å². The minimum Gasteiger partial charge on any atom is -0.358 e. The molecule has 1 aliphatic heterocycles. The first-order chi connectivity index (χ1) is 11.7. The number of hydrogen-bond donors (Lipinski definition) is 1. The largest absolute Gasteiger partial charge is 0.358 e. The third-order valence-electron chi connectivity index (χ3n) is 4.66. The zero-order valence-electron chi connectivity index (χ0n) is 13.2. The molecule has 1 aliphatic rings. The SMILES string of the molecule is O=C(c1cccnc1)N1CCCC(c2cc3cc(F)ccc3[nH]2)C1. The number of pyridine rings is 1. The number of carbonyl (C=O) groups is 1. The number of piperidine rings is 1. The van der Waals surface area contributed by atoms with Gasteiger partial charge < -0.3 is 9.88 Å². The van der Waals surface area contributed by atoms with Crippen LogP contribution < -0.4 is 0 Å². The van der Waals surface area contributed by atoms with E-state index < -0.39 is 0 Å². The molecule has 4 nitrogen and oxygen atoms in total. The molecule has 2 aromatic heterocycles. The number of halogens is 1. The number of carbonyl (C=O) groups excluding carboxylic acids is 1. The highest BCUT2D eigenvalue weighted by molar-refractivity contribution is 5.94. The molecule has 0 spiro atoms. The number of likely N-dealkylation sites (tertiary alicyclic amines) is 1. The van der Waals surface area contributed by atoms with Crippen molar-refractivity contribution in [3.8, 4) is 0 Å². The normalized spacial score (nSPS) is 18.0. The van der Waals surface area contributed by atoms with Crippen molar-refractivity contribution in [2.24, 2.45) is 0 Å². The van der Waals surface area contributed by atoms with Crippen LogP contribution in [0.15, 0.2) is 48.8 Å². The lowest BCUT2D eigenvalue weighted by Crippen LogP contribution is -2.39. The summed E-state index contributed by atoms with van der Waals surface area (Å²) < 4.78 is 13.4. The Balaban J connectivity index is 1.56. The van der Waals surface area contributed by atoms with E-state index >= 15 is 0 Å². The molecule has 4 rings (SSSR count). The maximum Gasteiger partial charge on any atom is 0.255 e. The number of H-pyrrole nitrogens is 1. The fraction of sp³-hybridized carbons (Fsp3) is 0.263. The first kappa shape index (κ1) is 14.9. The van der Waals surface area contributed by atoms with E-state index in [2.05, 4.69) is 9.97 Å². The Morgan fingerprint density at radius 3 is 3.04 bits per heavy atom. The van der Waals surface area contributed by atoms with E-state index in [9.17, 15) is 9.18 Å². The van der Waals surface area contributed by atoms with Crippen LogP contribution in [0.4, 0.5) is 4.39 Å². The van der Waals surface area contributed by atoms with Gasteiger partial charge in [0.05, 0.1) is 5.56 Å². The molecule has 0 aliphatic carbocycles. The fourth-order valence-corrected chi connectivity index (χ4v) is 3.43. The Morgan fingerprint density at radius 2 is 2.21 bits per heavy atom. The minimum atomic E-state index is -0.231. The number of rotatable bonds is 2. The maximum atomic E-state index is 13.4. The smallest absolute Gasteiger partial charge is 0.255 e. The molecule has 0 bridgehead atoms. The van der Waals surface area contributed by atoms with Crippen LogP contribution in [0.2, 0.25) is 0 Å².